The molecule has 1 amide bonds. The molecular formula is C17H29Cl2N3O2. The number of benzene rings is 1. The van der Waals surface area contributed by atoms with Crippen LogP contribution < -0.4 is 10.6 Å². The van der Waals surface area contributed by atoms with Crippen molar-refractivity contribution in [1.29, 1.82) is 0 Å². The van der Waals surface area contributed by atoms with Crippen molar-refractivity contribution in [2.24, 2.45) is 5.73 Å². The molecule has 1 fully saturated rings. The minimum absolute atomic E-state index is 0. The first-order chi connectivity index (χ1) is 10.7. The number of carbonyl (C=O) groups is 1. The number of likely N-dealkylation sites (N-methyl/N-ethyl adjacent to an activating group) is 1. The lowest BCUT2D eigenvalue weighted by molar-refractivity contribution is -0.134. The number of hydrogen-bond donors (Lipinski definition) is 1. The third-order valence-electron chi connectivity index (χ3n) is 4.46. The van der Waals surface area contributed by atoms with Gasteiger partial charge in [-0.05, 0) is 25.0 Å². The molecule has 0 bridgehead atoms. The van der Waals surface area contributed by atoms with Gasteiger partial charge < -0.3 is 20.3 Å². The van der Waals surface area contributed by atoms with Gasteiger partial charge in [-0.15, -0.1) is 24.8 Å². The average molecular weight is 378 g/mol. The molecule has 24 heavy (non-hydrogen) atoms. The normalized spacial score (nSPS) is 18.1. The summed E-state index contributed by atoms with van der Waals surface area (Å²) in [7, 11) is 3.49. The molecule has 0 aliphatic carbocycles. The highest BCUT2D eigenvalue weighted by molar-refractivity contribution is 5.85. The van der Waals surface area contributed by atoms with Crippen molar-refractivity contribution in [2.45, 2.75) is 31.4 Å². The molecule has 7 heteroatoms. The molecule has 0 radical (unpaired) electrons. The molecule has 138 valence electrons. The van der Waals surface area contributed by atoms with E-state index in [2.05, 4.69) is 29.2 Å². The molecule has 1 aliphatic rings. The van der Waals surface area contributed by atoms with Crippen molar-refractivity contribution in [1.82, 2.24) is 4.90 Å². The Hall–Kier alpha value is -1.01. The number of nitrogens with zero attached hydrogens (tertiary/aromatic N) is 2. The van der Waals surface area contributed by atoms with E-state index in [-0.39, 0.29) is 42.9 Å². The van der Waals surface area contributed by atoms with Crippen molar-refractivity contribution in [2.75, 3.05) is 38.7 Å². The molecule has 1 heterocycles. The first kappa shape index (κ1) is 23.0. The third-order valence-corrected chi connectivity index (χ3v) is 4.46. The molecule has 2 atom stereocenters. The average Bonchev–Trinajstić information content (AvgIpc) is 2.59. The van der Waals surface area contributed by atoms with Gasteiger partial charge in [0.1, 0.15) is 0 Å². The second-order valence-electron chi connectivity index (χ2n) is 5.88. The Kier molecular flexibility index (Phi) is 11.0. The summed E-state index contributed by atoms with van der Waals surface area (Å²) in [6.07, 6.45) is 2.31. The van der Waals surface area contributed by atoms with Crippen molar-refractivity contribution < 1.29 is 9.53 Å². The van der Waals surface area contributed by atoms with Crippen LogP contribution in [0.2, 0.25) is 0 Å². The number of carbonyl (C=O) groups excluding carboxylic acids is 1. The fraction of sp³-hybridized carbons (Fsp3) is 0.588. The Morgan fingerprint density at radius 3 is 2.62 bits per heavy atom. The zero-order valence-corrected chi connectivity index (χ0v) is 16.0. The van der Waals surface area contributed by atoms with Crippen LogP contribution in [0.15, 0.2) is 30.3 Å². The zero-order chi connectivity index (χ0) is 15.9. The zero-order valence-electron chi connectivity index (χ0n) is 14.4. The summed E-state index contributed by atoms with van der Waals surface area (Å²) >= 11 is 0. The lowest BCUT2D eigenvalue weighted by atomic mass is 10.0. The molecule has 0 saturated carbocycles. The number of halogens is 2. The van der Waals surface area contributed by atoms with E-state index in [1.54, 1.807) is 7.11 Å². The van der Waals surface area contributed by atoms with Gasteiger partial charge in [0.25, 0.3) is 0 Å². The highest BCUT2D eigenvalue weighted by atomic mass is 35.5. The molecule has 5 nitrogen and oxygen atoms in total. The summed E-state index contributed by atoms with van der Waals surface area (Å²) in [5.74, 6) is 0.109. The molecule has 2 rings (SSSR count). The predicted octanol–water partition coefficient (Wildman–Crippen LogP) is 2.32. The number of nitrogens with two attached hydrogens (primary N) is 1. The molecular weight excluding hydrogens is 349 g/mol. The topological polar surface area (TPSA) is 58.8 Å². The van der Waals surface area contributed by atoms with Crippen molar-refractivity contribution >= 4 is 36.4 Å². The SMILES string of the molecule is COC(CN)CC(=O)N(C)C1CCCN(c2ccccc2)C1.Cl.Cl. The number of ether oxygens (including phenoxy) is 1. The Bertz CT molecular complexity index is 472. The molecule has 2 unspecified atom stereocenters. The van der Waals surface area contributed by atoms with Gasteiger partial charge in [-0.2, -0.15) is 0 Å². The van der Waals surface area contributed by atoms with Crippen LogP contribution in [0, 0.1) is 0 Å². The molecule has 1 aromatic rings. The Balaban J connectivity index is 0.00000264. The van der Waals surface area contributed by atoms with Crippen molar-refractivity contribution in [3.05, 3.63) is 30.3 Å². The quantitative estimate of drug-likeness (QED) is 0.826. The van der Waals surface area contributed by atoms with Crippen LogP contribution in [0.1, 0.15) is 19.3 Å². The maximum atomic E-state index is 12.4. The van der Waals surface area contributed by atoms with E-state index in [0.29, 0.717) is 13.0 Å². The van der Waals surface area contributed by atoms with E-state index in [0.717, 1.165) is 25.9 Å². The maximum Gasteiger partial charge on any atom is 0.225 e. The van der Waals surface area contributed by atoms with Gasteiger partial charge in [0.05, 0.1) is 12.5 Å². The number of hydrogen-bond acceptors (Lipinski definition) is 4. The summed E-state index contributed by atoms with van der Waals surface area (Å²) < 4.78 is 5.22. The smallest absolute Gasteiger partial charge is 0.225 e. The maximum absolute atomic E-state index is 12.4. The lowest BCUT2D eigenvalue weighted by Gasteiger charge is -2.39. The molecule has 1 aromatic carbocycles. The summed E-state index contributed by atoms with van der Waals surface area (Å²) in [4.78, 5) is 16.6. The van der Waals surface area contributed by atoms with Gasteiger partial charge in [0, 0.05) is 45.5 Å². The van der Waals surface area contributed by atoms with E-state index in [4.69, 9.17) is 10.5 Å². The van der Waals surface area contributed by atoms with E-state index in [1.807, 2.05) is 18.0 Å². The first-order valence-corrected chi connectivity index (χ1v) is 7.94. The fourth-order valence-corrected chi connectivity index (χ4v) is 2.95. The number of rotatable bonds is 6. The third kappa shape index (κ3) is 6.13. The Morgan fingerprint density at radius 2 is 2.04 bits per heavy atom. The summed E-state index contributed by atoms with van der Waals surface area (Å²) in [5, 5.41) is 0. The van der Waals surface area contributed by atoms with Gasteiger partial charge in [0.2, 0.25) is 5.91 Å². The van der Waals surface area contributed by atoms with Crippen LogP contribution in [0.4, 0.5) is 5.69 Å². The highest BCUT2D eigenvalue weighted by Crippen LogP contribution is 2.22. The summed E-state index contributed by atoms with van der Waals surface area (Å²) in [5.41, 5.74) is 6.83. The minimum atomic E-state index is -0.191. The van der Waals surface area contributed by atoms with Gasteiger partial charge in [-0.25, -0.2) is 0 Å². The standard InChI is InChI=1S/C17H27N3O2.2ClH/c1-19(17(21)11-16(12-18)22-2)15-9-6-10-20(13-15)14-7-4-3-5-8-14;;/h3-5,7-8,15-16H,6,9-13,18H2,1-2H3;2*1H. The van der Waals surface area contributed by atoms with Gasteiger partial charge in [-0.3, -0.25) is 4.79 Å². The fourth-order valence-electron chi connectivity index (χ4n) is 2.95. The molecule has 0 aromatic heterocycles. The predicted molar refractivity (Wildman–Crippen MR) is 103 cm³/mol. The second-order valence-corrected chi connectivity index (χ2v) is 5.88. The van der Waals surface area contributed by atoms with Gasteiger partial charge in [-0.1, -0.05) is 18.2 Å². The number of anilines is 1. The summed E-state index contributed by atoms with van der Waals surface area (Å²) in [6, 6.07) is 10.6. The van der Waals surface area contributed by atoms with E-state index >= 15 is 0 Å². The van der Waals surface area contributed by atoms with E-state index in [9.17, 15) is 4.79 Å². The Morgan fingerprint density at radius 1 is 1.38 bits per heavy atom. The van der Waals surface area contributed by atoms with E-state index in [1.165, 1.54) is 5.69 Å². The van der Waals surface area contributed by atoms with Crippen LogP contribution in [0.5, 0.6) is 0 Å². The van der Waals surface area contributed by atoms with Crippen molar-refractivity contribution in [3.8, 4) is 0 Å². The number of para-hydroxylation sites is 1. The second kappa shape index (κ2) is 11.5. The lowest BCUT2D eigenvalue weighted by Crippen LogP contribution is -2.49. The number of piperidine rings is 1. The molecule has 0 spiro atoms. The minimum Gasteiger partial charge on any atom is -0.380 e. The van der Waals surface area contributed by atoms with E-state index < -0.39 is 0 Å². The van der Waals surface area contributed by atoms with Crippen LogP contribution in [0.25, 0.3) is 0 Å². The van der Waals surface area contributed by atoms with Crippen LogP contribution >= 0.6 is 24.8 Å². The van der Waals surface area contributed by atoms with Crippen molar-refractivity contribution in [3.63, 3.8) is 0 Å². The largest absolute Gasteiger partial charge is 0.380 e. The van der Waals surface area contributed by atoms with Gasteiger partial charge >= 0.3 is 0 Å². The number of amides is 1. The molecule has 2 N–H and O–H groups in total. The van der Waals surface area contributed by atoms with Crippen LogP contribution in [0.3, 0.4) is 0 Å². The number of methoxy groups -OCH3 is 1. The first-order valence-electron chi connectivity index (χ1n) is 7.94. The monoisotopic (exact) mass is 377 g/mol. The summed E-state index contributed by atoms with van der Waals surface area (Å²) in [6.45, 7) is 2.30. The van der Waals surface area contributed by atoms with Crippen LogP contribution in [-0.2, 0) is 9.53 Å². The Labute approximate surface area is 157 Å². The molecule has 1 aliphatic heterocycles. The van der Waals surface area contributed by atoms with Crippen LogP contribution in [-0.4, -0.2) is 56.7 Å². The molecule has 1 saturated heterocycles. The highest BCUT2D eigenvalue weighted by Gasteiger charge is 2.27. The van der Waals surface area contributed by atoms with Gasteiger partial charge in [0.15, 0.2) is 0 Å².